The molecular weight excluding hydrogens is 288 g/mol. The van der Waals surface area contributed by atoms with Gasteiger partial charge < -0.3 is 5.32 Å². The van der Waals surface area contributed by atoms with Crippen LogP contribution in [0.4, 0.5) is 5.69 Å². The Morgan fingerprint density at radius 3 is 2.57 bits per heavy atom. The van der Waals surface area contributed by atoms with Gasteiger partial charge in [-0.25, -0.2) is 4.68 Å². The molecule has 1 aromatic carbocycles. The first-order valence-electron chi connectivity index (χ1n) is 7.52. The van der Waals surface area contributed by atoms with Crippen LogP contribution in [0.5, 0.6) is 0 Å². The lowest BCUT2D eigenvalue weighted by atomic mass is 10.1. The fraction of sp³-hybridized carbons (Fsp3) is 0.167. The average Bonchev–Trinajstić information content (AvgIpc) is 3.02. The predicted molar refractivity (Wildman–Crippen MR) is 89.8 cm³/mol. The van der Waals surface area contributed by atoms with Crippen LogP contribution in [0.15, 0.2) is 60.9 Å². The second kappa shape index (κ2) is 6.44. The van der Waals surface area contributed by atoms with Crippen LogP contribution < -0.4 is 5.32 Å². The fourth-order valence-corrected chi connectivity index (χ4v) is 2.24. The van der Waals surface area contributed by atoms with Gasteiger partial charge >= 0.3 is 0 Å². The molecule has 0 bridgehead atoms. The van der Waals surface area contributed by atoms with Gasteiger partial charge in [0, 0.05) is 6.20 Å². The predicted octanol–water partition coefficient (Wildman–Crippen LogP) is 3.64. The Balaban J connectivity index is 1.98. The highest BCUT2D eigenvalue weighted by atomic mass is 16.2. The van der Waals surface area contributed by atoms with Gasteiger partial charge in [-0.05, 0) is 36.2 Å². The van der Waals surface area contributed by atoms with E-state index >= 15 is 0 Å². The first kappa shape index (κ1) is 15.0. The number of hydrogen-bond acceptors (Lipinski definition) is 3. The Morgan fingerprint density at radius 1 is 1.13 bits per heavy atom. The zero-order valence-electron chi connectivity index (χ0n) is 13.1. The Kier molecular flexibility index (Phi) is 4.19. The SMILES string of the molecule is CC(C)c1cc(C(=O)Nc2cccnc2)n(-c2ccccc2)n1. The van der Waals surface area contributed by atoms with Crippen molar-refractivity contribution >= 4 is 11.6 Å². The van der Waals surface area contributed by atoms with Gasteiger partial charge in [-0.2, -0.15) is 5.10 Å². The van der Waals surface area contributed by atoms with Crippen LogP contribution in [0.1, 0.15) is 35.9 Å². The molecule has 1 N–H and O–H groups in total. The summed E-state index contributed by atoms with van der Waals surface area (Å²) < 4.78 is 1.68. The van der Waals surface area contributed by atoms with E-state index in [9.17, 15) is 4.79 Å². The summed E-state index contributed by atoms with van der Waals surface area (Å²) in [6, 6.07) is 15.1. The van der Waals surface area contributed by atoms with E-state index in [2.05, 4.69) is 29.2 Å². The van der Waals surface area contributed by atoms with E-state index in [-0.39, 0.29) is 11.8 Å². The molecule has 0 unspecified atom stereocenters. The van der Waals surface area contributed by atoms with Gasteiger partial charge in [0.2, 0.25) is 0 Å². The van der Waals surface area contributed by atoms with E-state index in [1.54, 1.807) is 29.2 Å². The van der Waals surface area contributed by atoms with Crippen LogP contribution in [0.3, 0.4) is 0 Å². The third-order valence-electron chi connectivity index (χ3n) is 3.47. The van der Waals surface area contributed by atoms with E-state index in [0.29, 0.717) is 11.4 Å². The Morgan fingerprint density at radius 2 is 1.91 bits per heavy atom. The summed E-state index contributed by atoms with van der Waals surface area (Å²) in [7, 11) is 0. The normalized spacial score (nSPS) is 10.7. The number of carbonyl (C=O) groups is 1. The van der Waals surface area contributed by atoms with E-state index in [4.69, 9.17) is 0 Å². The highest BCUT2D eigenvalue weighted by Crippen LogP contribution is 2.19. The van der Waals surface area contributed by atoms with E-state index < -0.39 is 0 Å². The third-order valence-corrected chi connectivity index (χ3v) is 3.47. The molecule has 0 saturated heterocycles. The highest BCUT2D eigenvalue weighted by Gasteiger charge is 2.18. The Hall–Kier alpha value is -2.95. The number of benzene rings is 1. The van der Waals surface area contributed by atoms with Crippen molar-refractivity contribution in [3.05, 3.63) is 72.3 Å². The molecule has 0 aliphatic rings. The molecule has 1 amide bonds. The average molecular weight is 306 g/mol. The van der Waals surface area contributed by atoms with Crippen molar-refractivity contribution < 1.29 is 4.79 Å². The maximum atomic E-state index is 12.6. The zero-order valence-corrected chi connectivity index (χ0v) is 13.1. The van der Waals surface area contributed by atoms with Gasteiger partial charge in [0.05, 0.1) is 23.3 Å². The summed E-state index contributed by atoms with van der Waals surface area (Å²) in [5, 5.41) is 7.44. The Labute approximate surface area is 135 Å². The van der Waals surface area contributed by atoms with Crippen LogP contribution in [0.25, 0.3) is 5.69 Å². The quantitative estimate of drug-likeness (QED) is 0.800. The lowest BCUT2D eigenvalue weighted by Gasteiger charge is -2.08. The van der Waals surface area contributed by atoms with Gasteiger partial charge in [0.25, 0.3) is 5.91 Å². The molecule has 0 atom stereocenters. The molecule has 5 nitrogen and oxygen atoms in total. The van der Waals surface area contributed by atoms with Gasteiger partial charge in [-0.15, -0.1) is 0 Å². The van der Waals surface area contributed by atoms with Crippen molar-refractivity contribution in [2.45, 2.75) is 19.8 Å². The van der Waals surface area contributed by atoms with Crippen molar-refractivity contribution in [3.8, 4) is 5.69 Å². The first-order valence-corrected chi connectivity index (χ1v) is 7.52. The Bertz CT molecular complexity index is 794. The molecule has 2 aromatic heterocycles. The van der Waals surface area contributed by atoms with Crippen molar-refractivity contribution in [1.82, 2.24) is 14.8 Å². The number of nitrogens with one attached hydrogen (secondary N) is 1. The molecule has 116 valence electrons. The number of nitrogens with zero attached hydrogens (tertiary/aromatic N) is 3. The summed E-state index contributed by atoms with van der Waals surface area (Å²) in [5.74, 6) is 0.0335. The first-order chi connectivity index (χ1) is 11.1. The van der Waals surface area contributed by atoms with Crippen molar-refractivity contribution in [3.63, 3.8) is 0 Å². The largest absolute Gasteiger partial charge is 0.319 e. The summed E-state index contributed by atoms with van der Waals surface area (Å²) in [5.41, 5.74) is 2.90. The standard InChI is InChI=1S/C18H18N4O/c1-13(2)16-11-17(18(23)20-14-7-6-10-19-12-14)22(21-16)15-8-4-3-5-9-15/h3-13H,1-2H3,(H,20,23). The topological polar surface area (TPSA) is 59.8 Å². The zero-order chi connectivity index (χ0) is 16.2. The van der Waals surface area contributed by atoms with E-state index in [0.717, 1.165) is 11.4 Å². The molecule has 0 aliphatic heterocycles. The van der Waals surface area contributed by atoms with Crippen LogP contribution in [0, 0.1) is 0 Å². The number of pyridine rings is 1. The molecule has 0 saturated carbocycles. The number of carbonyl (C=O) groups excluding carboxylic acids is 1. The molecule has 3 aromatic rings. The van der Waals surface area contributed by atoms with Gasteiger partial charge in [-0.1, -0.05) is 32.0 Å². The van der Waals surface area contributed by atoms with E-state index in [1.807, 2.05) is 36.4 Å². The summed E-state index contributed by atoms with van der Waals surface area (Å²) in [6.45, 7) is 4.11. The summed E-state index contributed by atoms with van der Waals surface area (Å²) >= 11 is 0. The van der Waals surface area contributed by atoms with Gasteiger partial charge in [-0.3, -0.25) is 9.78 Å². The van der Waals surface area contributed by atoms with Crippen LogP contribution in [-0.4, -0.2) is 20.7 Å². The van der Waals surface area contributed by atoms with Crippen LogP contribution in [0.2, 0.25) is 0 Å². The number of anilines is 1. The minimum Gasteiger partial charge on any atom is -0.319 e. The number of rotatable bonds is 4. The summed E-state index contributed by atoms with van der Waals surface area (Å²) in [4.78, 5) is 16.7. The van der Waals surface area contributed by atoms with Gasteiger partial charge in [0.15, 0.2) is 0 Å². The van der Waals surface area contributed by atoms with Crippen LogP contribution >= 0.6 is 0 Å². The summed E-state index contributed by atoms with van der Waals surface area (Å²) in [6.07, 6.45) is 3.28. The van der Waals surface area contributed by atoms with Crippen molar-refractivity contribution in [2.75, 3.05) is 5.32 Å². The lowest BCUT2D eigenvalue weighted by molar-refractivity contribution is 0.101. The molecule has 0 spiro atoms. The second-order valence-corrected chi connectivity index (χ2v) is 5.55. The highest BCUT2D eigenvalue weighted by molar-refractivity contribution is 6.03. The van der Waals surface area contributed by atoms with Crippen molar-refractivity contribution in [1.29, 1.82) is 0 Å². The van der Waals surface area contributed by atoms with Gasteiger partial charge in [0.1, 0.15) is 5.69 Å². The van der Waals surface area contributed by atoms with Crippen LogP contribution in [-0.2, 0) is 0 Å². The number of para-hydroxylation sites is 1. The number of aromatic nitrogens is 3. The second-order valence-electron chi connectivity index (χ2n) is 5.55. The van der Waals surface area contributed by atoms with E-state index in [1.165, 1.54) is 0 Å². The molecule has 3 rings (SSSR count). The molecule has 0 radical (unpaired) electrons. The molecule has 5 heteroatoms. The third kappa shape index (κ3) is 3.29. The fourth-order valence-electron chi connectivity index (χ4n) is 2.24. The smallest absolute Gasteiger partial charge is 0.274 e. The molecule has 23 heavy (non-hydrogen) atoms. The number of amides is 1. The molecule has 0 fully saturated rings. The monoisotopic (exact) mass is 306 g/mol. The number of hydrogen-bond donors (Lipinski definition) is 1. The molecule has 0 aliphatic carbocycles. The maximum Gasteiger partial charge on any atom is 0.274 e. The maximum absolute atomic E-state index is 12.6. The minimum absolute atomic E-state index is 0.207. The van der Waals surface area contributed by atoms with Crippen molar-refractivity contribution in [2.24, 2.45) is 0 Å². The molecular formula is C18H18N4O. The molecule has 2 heterocycles. The lowest BCUT2D eigenvalue weighted by Crippen LogP contribution is -2.17. The minimum atomic E-state index is -0.207.